The van der Waals surface area contributed by atoms with Crippen LogP contribution in [0.2, 0.25) is 0 Å². The molecule has 0 radical (unpaired) electrons. The van der Waals surface area contributed by atoms with Gasteiger partial charge in [0.1, 0.15) is 0 Å². The van der Waals surface area contributed by atoms with Crippen LogP contribution in [0.15, 0.2) is 219 Å². The van der Waals surface area contributed by atoms with E-state index in [1.807, 2.05) is 36.8 Å². The SMILES string of the molecule is c1ccc(-c2cc(-c3ccccc3)cc(-c3ccc(-c4cccc(-c5cccc(-c6cc(-c7cccnc7)cc(-c7ccccn7)c6)c5)c4)cc3)c2)cc1. The van der Waals surface area contributed by atoms with Crippen molar-refractivity contribution in [3.8, 4) is 89.1 Å². The molecule has 0 N–H and O–H groups in total. The largest absolute Gasteiger partial charge is 0.264 e. The molecule has 0 aliphatic rings. The Labute approximate surface area is 316 Å². The molecule has 0 bridgehead atoms. The van der Waals surface area contributed by atoms with Gasteiger partial charge in [-0.15, -0.1) is 0 Å². The van der Waals surface area contributed by atoms with Gasteiger partial charge >= 0.3 is 0 Å². The molecular formula is C52H36N2. The number of nitrogens with zero attached hydrogens (tertiary/aromatic N) is 2. The van der Waals surface area contributed by atoms with Gasteiger partial charge in [0.05, 0.1) is 5.69 Å². The van der Waals surface area contributed by atoms with Crippen molar-refractivity contribution in [3.63, 3.8) is 0 Å². The Bertz CT molecular complexity index is 2550. The van der Waals surface area contributed by atoms with E-state index >= 15 is 0 Å². The molecule has 9 rings (SSSR count). The first-order chi connectivity index (χ1) is 26.7. The van der Waals surface area contributed by atoms with E-state index in [-0.39, 0.29) is 0 Å². The summed E-state index contributed by atoms with van der Waals surface area (Å²) in [6, 6.07) is 71.6. The number of rotatable bonds is 8. The van der Waals surface area contributed by atoms with E-state index < -0.39 is 0 Å². The van der Waals surface area contributed by atoms with Crippen LogP contribution >= 0.6 is 0 Å². The molecule has 7 aromatic carbocycles. The van der Waals surface area contributed by atoms with Gasteiger partial charge in [0, 0.05) is 29.7 Å². The average molecular weight is 689 g/mol. The van der Waals surface area contributed by atoms with Crippen molar-refractivity contribution >= 4 is 0 Å². The zero-order chi connectivity index (χ0) is 36.1. The molecule has 0 saturated carbocycles. The van der Waals surface area contributed by atoms with Crippen LogP contribution in [0.1, 0.15) is 0 Å². The minimum Gasteiger partial charge on any atom is -0.264 e. The zero-order valence-corrected chi connectivity index (χ0v) is 29.7. The lowest BCUT2D eigenvalue weighted by atomic mass is 9.92. The number of hydrogen-bond acceptors (Lipinski definition) is 2. The van der Waals surface area contributed by atoms with Crippen molar-refractivity contribution in [1.29, 1.82) is 0 Å². The van der Waals surface area contributed by atoms with Gasteiger partial charge in [-0.25, -0.2) is 0 Å². The first-order valence-corrected chi connectivity index (χ1v) is 18.3. The lowest BCUT2D eigenvalue weighted by molar-refractivity contribution is 1.32. The van der Waals surface area contributed by atoms with Crippen molar-refractivity contribution in [2.24, 2.45) is 0 Å². The molecule has 2 aromatic heterocycles. The monoisotopic (exact) mass is 688 g/mol. The fourth-order valence-corrected chi connectivity index (χ4v) is 7.18. The molecule has 0 aliphatic carbocycles. The molecule has 9 aromatic rings. The summed E-state index contributed by atoms with van der Waals surface area (Å²) in [5.74, 6) is 0. The molecule has 54 heavy (non-hydrogen) atoms. The summed E-state index contributed by atoms with van der Waals surface area (Å²) in [4.78, 5) is 9.05. The maximum absolute atomic E-state index is 4.66. The molecule has 254 valence electrons. The number of benzene rings is 7. The summed E-state index contributed by atoms with van der Waals surface area (Å²) in [5, 5.41) is 0. The Morgan fingerprint density at radius 2 is 0.593 bits per heavy atom. The molecule has 2 nitrogen and oxygen atoms in total. The second kappa shape index (κ2) is 14.8. The summed E-state index contributed by atoms with van der Waals surface area (Å²) in [6.07, 6.45) is 5.57. The standard InChI is InChI=1S/C52H36N2/c1-3-12-37(13-4-1)46-30-47(38-14-5-2-6-15-38)32-48(31-46)40-24-22-39(23-25-40)41-16-9-17-42(28-41)43-18-10-19-44(29-43)49-33-50(45-20-11-26-53-36-45)35-51(34-49)52-21-7-8-27-54-52/h1-36H. The summed E-state index contributed by atoms with van der Waals surface area (Å²) in [5.41, 5.74) is 18.4. The number of hydrogen-bond donors (Lipinski definition) is 0. The third kappa shape index (κ3) is 7.01. The Balaban J connectivity index is 1.04. The molecule has 0 spiro atoms. The smallest absolute Gasteiger partial charge is 0.0702 e. The first kappa shape index (κ1) is 32.7. The maximum atomic E-state index is 4.66. The van der Waals surface area contributed by atoms with Gasteiger partial charge in [-0.05, 0) is 139 Å². The molecule has 0 saturated heterocycles. The predicted molar refractivity (Wildman–Crippen MR) is 226 cm³/mol. The van der Waals surface area contributed by atoms with Gasteiger partial charge in [0.15, 0.2) is 0 Å². The normalized spacial score (nSPS) is 11.0. The van der Waals surface area contributed by atoms with E-state index in [2.05, 4.69) is 192 Å². The van der Waals surface area contributed by atoms with Crippen LogP contribution in [0, 0.1) is 0 Å². The van der Waals surface area contributed by atoms with Crippen LogP contribution in [0.3, 0.4) is 0 Å². The molecule has 0 aliphatic heterocycles. The van der Waals surface area contributed by atoms with Gasteiger partial charge in [-0.2, -0.15) is 0 Å². The second-order valence-corrected chi connectivity index (χ2v) is 13.5. The first-order valence-electron chi connectivity index (χ1n) is 18.3. The summed E-state index contributed by atoms with van der Waals surface area (Å²) >= 11 is 0. The van der Waals surface area contributed by atoms with Crippen molar-refractivity contribution in [2.45, 2.75) is 0 Å². The molecule has 2 heterocycles. The fraction of sp³-hybridized carbons (Fsp3) is 0. The van der Waals surface area contributed by atoms with Gasteiger partial charge < -0.3 is 0 Å². The minimum atomic E-state index is 0.944. The molecule has 0 amide bonds. The van der Waals surface area contributed by atoms with Crippen LogP contribution in [0.5, 0.6) is 0 Å². The summed E-state index contributed by atoms with van der Waals surface area (Å²) < 4.78 is 0. The van der Waals surface area contributed by atoms with Crippen molar-refractivity contribution in [2.75, 3.05) is 0 Å². The van der Waals surface area contributed by atoms with Gasteiger partial charge in [-0.1, -0.05) is 133 Å². The van der Waals surface area contributed by atoms with E-state index in [1.54, 1.807) is 0 Å². The lowest BCUT2D eigenvalue weighted by Gasteiger charge is -2.13. The van der Waals surface area contributed by atoms with E-state index in [1.165, 1.54) is 55.6 Å². The Morgan fingerprint density at radius 3 is 1.09 bits per heavy atom. The molecule has 2 heteroatoms. The minimum absolute atomic E-state index is 0.944. The van der Waals surface area contributed by atoms with Crippen molar-refractivity contribution in [3.05, 3.63) is 219 Å². The Hall–Kier alpha value is -7.16. The van der Waals surface area contributed by atoms with Crippen LogP contribution in [-0.2, 0) is 0 Å². The molecular weight excluding hydrogens is 653 g/mol. The average Bonchev–Trinajstić information content (AvgIpc) is 3.27. The predicted octanol–water partition coefficient (Wildman–Crippen LogP) is 13.8. The van der Waals surface area contributed by atoms with Gasteiger partial charge in [0.2, 0.25) is 0 Å². The highest BCUT2D eigenvalue weighted by Crippen LogP contribution is 2.36. The van der Waals surface area contributed by atoms with Crippen LogP contribution in [0.25, 0.3) is 89.1 Å². The zero-order valence-electron chi connectivity index (χ0n) is 29.7. The highest BCUT2D eigenvalue weighted by Gasteiger charge is 2.11. The second-order valence-electron chi connectivity index (χ2n) is 13.5. The third-order valence-corrected chi connectivity index (χ3v) is 9.98. The van der Waals surface area contributed by atoms with E-state index in [0.29, 0.717) is 0 Å². The van der Waals surface area contributed by atoms with Gasteiger partial charge in [0.25, 0.3) is 0 Å². The highest BCUT2D eigenvalue weighted by molar-refractivity contribution is 5.84. The van der Waals surface area contributed by atoms with E-state index in [0.717, 1.165) is 33.5 Å². The summed E-state index contributed by atoms with van der Waals surface area (Å²) in [6.45, 7) is 0. The third-order valence-electron chi connectivity index (χ3n) is 9.98. The van der Waals surface area contributed by atoms with Gasteiger partial charge in [-0.3, -0.25) is 9.97 Å². The van der Waals surface area contributed by atoms with Crippen molar-refractivity contribution < 1.29 is 0 Å². The lowest BCUT2D eigenvalue weighted by Crippen LogP contribution is -1.89. The van der Waals surface area contributed by atoms with Crippen LogP contribution in [-0.4, -0.2) is 9.97 Å². The quantitative estimate of drug-likeness (QED) is 0.159. The topological polar surface area (TPSA) is 25.8 Å². The molecule has 0 atom stereocenters. The molecule has 0 unspecified atom stereocenters. The van der Waals surface area contributed by atoms with Crippen LogP contribution < -0.4 is 0 Å². The number of aromatic nitrogens is 2. The summed E-state index contributed by atoms with van der Waals surface area (Å²) in [7, 11) is 0. The highest BCUT2D eigenvalue weighted by atomic mass is 14.7. The Kier molecular flexibility index (Phi) is 8.99. The number of pyridine rings is 2. The van der Waals surface area contributed by atoms with E-state index in [9.17, 15) is 0 Å². The Morgan fingerprint density at radius 1 is 0.222 bits per heavy atom. The van der Waals surface area contributed by atoms with Crippen LogP contribution in [0.4, 0.5) is 0 Å². The fourth-order valence-electron chi connectivity index (χ4n) is 7.18. The molecule has 0 fully saturated rings. The maximum Gasteiger partial charge on any atom is 0.0702 e. The van der Waals surface area contributed by atoms with E-state index in [4.69, 9.17) is 0 Å². The van der Waals surface area contributed by atoms with Crippen molar-refractivity contribution in [1.82, 2.24) is 9.97 Å².